The Hall–Kier alpha value is -3.80. The van der Waals surface area contributed by atoms with Gasteiger partial charge in [-0.3, -0.25) is 0 Å². The molecule has 0 bridgehead atoms. The third-order valence-corrected chi connectivity index (χ3v) is 3.87. The lowest BCUT2D eigenvalue weighted by atomic mass is 10.1. The van der Waals surface area contributed by atoms with E-state index >= 15 is 0 Å². The standard InChI is InChI=1S/C20H14N4O2/c25-17-7-3-1-5-13(17)15-9-11-21-19(23-15)20-22-12-10-16(24-20)14-6-2-4-8-18(14)26/h1-12,25-26H. The molecule has 6 nitrogen and oxygen atoms in total. The highest BCUT2D eigenvalue weighted by atomic mass is 16.3. The molecule has 0 fully saturated rings. The van der Waals surface area contributed by atoms with E-state index in [0.717, 1.165) is 0 Å². The van der Waals surface area contributed by atoms with Crippen LogP contribution in [0.25, 0.3) is 34.2 Å². The molecule has 4 rings (SSSR count). The summed E-state index contributed by atoms with van der Waals surface area (Å²) < 4.78 is 0. The largest absolute Gasteiger partial charge is 0.507 e. The molecule has 0 amide bonds. The summed E-state index contributed by atoms with van der Waals surface area (Å²) in [6, 6.07) is 17.3. The molecule has 2 aromatic heterocycles. The van der Waals surface area contributed by atoms with Gasteiger partial charge in [0.05, 0.1) is 11.4 Å². The summed E-state index contributed by atoms with van der Waals surface area (Å²) in [5.74, 6) is 0.952. The van der Waals surface area contributed by atoms with E-state index in [2.05, 4.69) is 19.9 Å². The molecule has 0 saturated heterocycles. The van der Waals surface area contributed by atoms with E-state index in [1.807, 2.05) is 12.1 Å². The number of hydrogen-bond donors (Lipinski definition) is 2. The van der Waals surface area contributed by atoms with E-state index in [9.17, 15) is 10.2 Å². The van der Waals surface area contributed by atoms with Crippen LogP contribution >= 0.6 is 0 Å². The molecule has 0 aliphatic rings. The molecule has 2 N–H and O–H groups in total. The average Bonchev–Trinajstić information content (AvgIpc) is 2.69. The highest BCUT2D eigenvalue weighted by Crippen LogP contribution is 2.29. The second-order valence-corrected chi connectivity index (χ2v) is 5.57. The van der Waals surface area contributed by atoms with E-state index < -0.39 is 0 Å². The van der Waals surface area contributed by atoms with Crippen molar-refractivity contribution < 1.29 is 10.2 Å². The lowest BCUT2D eigenvalue weighted by Crippen LogP contribution is -1.97. The van der Waals surface area contributed by atoms with E-state index in [4.69, 9.17) is 0 Å². The fraction of sp³-hybridized carbons (Fsp3) is 0. The summed E-state index contributed by atoms with van der Waals surface area (Å²) in [6.07, 6.45) is 3.19. The van der Waals surface area contributed by atoms with Gasteiger partial charge in [-0.05, 0) is 36.4 Å². The molecule has 0 spiro atoms. The van der Waals surface area contributed by atoms with Gasteiger partial charge >= 0.3 is 0 Å². The molecule has 0 radical (unpaired) electrons. The first-order valence-corrected chi connectivity index (χ1v) is 7.95. The number of phenolic OH excluding ortho intramolecular Hbond substituents is 2. The fourth-order valence-corrected chi connectivity index (χ4v) is 2.61. The maximum Gasteiger partial charge on any atom is 0.198 e. The van der Waals surface area contributed by atoms with Gasteiger partial charge in [-0.15, -0.1) is 0 Å². The van der Waals surface area contributed by atoms with Crippen molar-refractivity contribution in [3.8, 4) is 45.7 Å². The van der Waals surface area contributed by atoms with Gasteiger partial charge in [-0.25, -0.2) is 19.9 Å². The Kier molecular flexibility index (Phi) is 3.99. The van der Waals surface area contributed by atoms with Crippen LogP contribution in [0.2, 0.25) is 0 Å². The number of benzene rings is 2. The van der Waals surface area contributed by atoms with Crippen molar-refractivity contribution >= 4 is 0 Å². The highest BCUT2D eigenvalue weighted by molar-refractivity contribution is 5.69. The number of nitrogens with zero attached hydrogens (tertiary/aromatic N) is 4. The Morgan fingerprint density at radius 1 is 0.538 bits per heavy atom. The molecule has 26 heavy (non-hydrogen) atoms. The van der Waals surface area contributed by atoms with Crippen molar-refractivity contribution in [3.63, 3.8) is 0 Å². The molecule has 126 valence electrons. The minimum absolute atomic E-state index is 0.140. The summed E-state index contributed by atoms with van der Waals surface area (Å²) >= 11 is 0. The number of phenols is 2. The predicted molar refractivity (Wildman–Crippen MR) is 97.3 cm³/mol. The highest BCUT2D eigenvalue weighted by Gasteiger charge is 2.12. The van der Waals surface area contributed by atoms with Crippen molar-refractivity contribution in [2.45, 2.75) is 0 Å². The Labute approximate surface area is 149 Å². The minimum atomic E-state index is 0.140. The number of aromatic hydroxyl groups is 2. The Morgan fingerprint density at radius 3 is 1.38 bits per heavy atom. The van der Waals surface area contributed by atoms with Gasteiger partial charge in [0.25, 0.3) is 0 Å². The quantitative estimate of drug-likeness (QED) is 0.590. The Morgan fingerprint density at radius 2 is 0.962 bits per heavy atom. The minimum Gasteiger partial charge on any atom is -0.507 e. The smallest absolute Gasteiger partial charge is 0.198 e. The molecule has 2 heterocycles. The van der Waals surface area contributed by atoms with Crippen molar-refractivity contribution in [2.24, 2.45) is 0 Å². The normalized spacial score (nSPS) is 10.6. The van der Waals surface area contributed by atoms with Crippen LogP contribution in [-0.2, 0) is 0 Å². The zero-order valence-corrected chi connectivity index (χ0v) is 13.6. The van der Waals surface area contributed by atoms with Crippen molar-refractivity contribution in [3.05, 3.63) is 73.1 Å². The summed E-state index contributed by atoms with van der Waals surface area (Å²) in [5, 5.41) is 20.1. The molecule has 0 saturated carbocycles. The Bertz CT molecular complexity index is 995. The predicted octanol–water partition coefficient (Wildman–Crippen LogP) is 3.68. The first-order chi connectivity index (χ1) is 12.7. The van der Waals surface area contributed by atoms with Gasteiger partial charge < -0.3 is 10.2 Å². The van der Waals surface area contributed by atoms with Gasteiger partial charge in [0.1, 0.15) is 11.5 Å². The van der Waals surface area contributed by atoms with Gasteiger partial charge in [-0.2, -0.15) is 0 Å². The summed E-state index contributed by atoms with van der Waals surface area (Å²) in [5.41, 5.74) is 2.36. The van der Waals surface area contributed by atoms with Crippen LogP contribution in [-0.4, -0.2) is 30.1 Å². The van der Waals surface area contributed by atoms with E-state index in [1.165, 1.54) is 0 Å². The van der Waals surface area contributed by atoms with E-state index in [-0.39, 0.29) is 11.5 Å². The van der Waals surface area contributed by atoms with Crippen molar-refractivity contribution in [1.29, 1.82) is 0 Å². The fourth-order valence-electron chi connectivity index (χ4n) is 2.61. The van der Waals surface area contributed by atoms with Crippen LogP contribution in [0.4, 0.5) is 0 Å². The SMILES string of the molecule is Oc1ccccc1-c1ccnc(-c2nccc(-c3ccccc3O)n2)n1. The molecule has 2 aromatic carbocycles. The van der Waals surface area contributed by atoms with Gasteiger partial charge in [0.2, 0.25) is 0 Å². The number of para-hydroxylation sites is 2. The maximum absolute atomic E-state index is 10.0. The number of hydrogen-bond acceptors (Lipinski definition) is 6. The molecule has 6 heteroatoms. The zero-order chi connectivity index (χ0) is 17.9. The second kappa shape index (κ2) is 6.60. The van der Waals surface area contributed by atoms with E-state index in [1.54, 1.807) is 60.9 Å². The van der Waals surface area contributed by atoms with E-state index in [0.29, 0.717) is 34.2 Å². The topological polar surface area (TPSA) is 92.0 Å². The van der Waals surface area contributed by atoms with Crippen LogP contribution in [0.15, 0.2) is 73.1 Å². The molecule has 0 unspecified atom stereocenters. The third kappa shape index (κ3) is 2.95. The molecule has 0 atom stereocenters. The number of aromatic nitrogens is 4. The molecule has 0 aliphatic heterocycles. The lowest BCUT2D eigenvalue weighted by molar-refractivity contribution is 0.476. The molecular formula is C20H14N4O2. The lowest BCUT2D eigenvalue weighted by Gasteiger charge is -2.07. The summed E-state index contributed by atoms with van der Waals surface area (Å²) in [4.78, 5) is 17.4. The summed E-state index contributed by atoms with van der Waals surface area (Å²) in [6.45, 7) is 0. The first-order valence-electron chi connectivity index (χ1n) is 7.95. The van der Waals surface area contributed by atoms with Crippen LogP contribution < -0.4 is 0 Å². The zero-order valence-electron chi connectivity index (χ0n) is 13.6. The second-order valence-electron chi connectivity index (χ2n) is 5.57. The molecule has 0 aliphatic carbocycles. The summed E-state index contributed by atoms with van der Waals surface area (Å²) in [7, 11) is 0. The van der Waals surface area contributed by atoms with Crippen LogP contribution in [0.3, 0.4) is 0 Å². The Balaban J connectivity index is 1.78. The van der Waals surface area contributed by atoms with Crippen molar-refractivity contribution in [2.75, 3.05) is 0 Å². The van der Waals surface area contributed by atoms with Crippen LogP contribution in [0.5, 0.6) is 11.5 Å². The number of rotatable bonds is 3. The van der Waals surface area contributed by atoms with Crippen LogP contribution in [0, 0.1) is 0 Å². The van der Waals surface area contributed by atoms with Crippen molar-refractivity contribution in [1.82, 2.24) is 19.9 Å². The van der Waals surface area contributed by atoms with Crippen LogP contribution in [0.1, 0.15) is 0 Å². The third-order valence-electron chi connectivity index (χ3n) is 3.87. The first kappa shape index (κ1) is 15.7. The molecular weight excluding hydrogens is 328 g/mol. The van der Waals surface area contributed by atoms with Gasteiger partial charge in [-0.1, -0.05) is 24.3 Å². The van der Waals surface area contributed by atoms with Gasteiger partial charge in [0, 0.05) is 23.5 Å². The monoisotopic (exact) mass is 342 g/mol. The van der Waals surface area contributed by atoms with Gasteiger partial charge in [0.15, 0.2) is 11.6 Å². The maximum atomic E-state index is 10.0. The average molecular weight is 342 g/mol. The molecule has 4 aromatic rings.